The maximum atomic E-state index is 13.8. The number of nitrogens with zero attached hydrogens (tertiary/aromatic N) is 1. The van der Waals surface area contributed by atoms with Gasteiger partial charge in [-0.15, -0.1) is 0 Å². The monoisotopic (exact) mass is 261 g/mol. The summed E-state index contributed by atoms with van der Waals surface area (Å²) < 4.78 is 15.7. The second-order valence-corrected chi connectivity index (χ2v) is 4.58. The first kappa shape index (κ1) is 13.3. The van der Waals surface area contributed by atoms with Gasteiger partial charge in [-0.3, -0.25) is 4.79 Å². The Kier molecular flexibility index (Phi) is 3.69. The van der Waals surface area contributed by atoms with E-state index >= 15 is 0 Å². The molecule has 2 aromatic rings. The predicted octanol–water partition coefficient (Wildman–Crippen LogP) is 3.25. The van der Waals surface area contributed by atoms with Gasteiger partial charge >= 0.3 is 5.97 Å². The Morgan fingerprint density at radius 1 is 1.32 bits per heavy atom. The predicted molar refractivity (Wildman–Crippen MR) is 71.2 cm³/mol. The van der Waals surface area contributed by atoms with Gasteiger partial charge in [0.1, 0.15) is 5.82 Å². The molecule has 19 heavy (non-hydrogen) atoms. The van der Waals surface area contributed by atoms with Gasteiger partial charge in [0.2, 0.25) is 0 Å². The molecular weight excluding hydrogens is 245 g/mol. The van der Waals surface area contributed by atoms with Crippen LogP contribution < -0.4 is 0 Å². The van der Waals surface area contributed by atoms with Gasteiger partial charge in [-0.1, -0.05) is 12.1 Å². The van der Waals surface area contributed by atoms with Crippen LogP contribution in [-0.2, 0) is 11.2 Å². The largest absolute Gasteiger partial charge is 0.481 e. The highest BCUT2D eigenvalue weighted by Crippen LogP contribution is 2.23. The normalized spacial score (nSPS) is 10.7. The summed E-state index contributed by atoms with van der Waals surface area (Å²) >= 11 is 0. The standard InChI is InChI=1S/C15H16FNO2/c1-10-9-12(7-8-15(18)19)11(2)17(10)14-6-4-3-5-13(14)16/h3-6,9H,7-8H2,1-2H3,(H,18,19). The molecule has 4 heteroatoms. The summed E-state index contributed by atoms with van der Waals surface area (Å²) in [7, 11) is 0. The molecule has 0 unspecified atom stereocenters. The van der Waals surface area contributed by atoms with E-state index in [-0.39, 0.29) is 12.2 Å². The molecule has 2 rings (SSSR count). The van der Waals surface area contributed by atoms with E-state index in [1.54, 1.807) is 18.2 Å². The highest BCUT2D eigenvalue weighted by atomic mass is 19.1. The minimum atomic E-state index is -0.823. The van der Waals surface area contributed by atoms with Gasteiger partial charge in [0.05, 0.1) is 5.69 Å². The molecule has 0 aliphatic rings. The Balaban J connectivity index is 2.42. The number of carbonyl (C=O) groups is 1. The van der Waals surface area contributed by atoms with Crippen LogP contribution in [0, 0.1) is 19.7 Å². The summed E-state index contributed by atoms with van der Waals surface area (Å²) in [4.78, 5) is 10.6. The number of aromatic nitrogens is 1. The summed E-state index contributed by atoms with van der Waals surface area (Å²) in [5.74, 6) is -1.11. The van der Waals surface area contributed by atoms with Crippen LogP contribution in [0.3, 0.4) is 0 Å². The topological polar surface area (TPSA) is 42.2 Å². The molecule has 0 fully saturated rings. The van der Waals surface area contributed by atoms with E-state index in [1.807, 2.05) is 24.5 Å². The van der Waals surface area contributed by atoms with E-state index in [2.05, 4.69) is 0 Å². The fourth-order valence-electron chi connectivity index (χ4n) is 2.33. The number of carboxylic acid groups (broad SMARTS) is 1. The van der Waals surface area contributed by atoms with Crippen LogP contribution in [0.25, 0.3) is 5.69 Å². The molecular formula is C15H16FNO2. The number of para-hydroxylation sites is 1. The quantitative estimate of drug-likeness (QED) is 0.918. The van der Waals surface area contributed by atoms with Crippen molar-refractivity contribution in [2.24, 2.45) is 0 Å². The average Bonchev–Trinajstić information content (AvgIpc) is 2.63. The van der Waals surface area contributed by atoms with Gasteiger partial charge in [0.15, 0.2) is 0 Å². The van der Waals surface area contributed by atoms with E-state index in [9.17, 15) is 9.18 Å². The van der Waals surface area contributed by atoms with Crippen molar-refractivity contribution < 1.29 is 14.3 Å². The van der Waals surface area contributed by atoms with Crippen LogP contribution in [-0.4, -0.2) is 15.6 Å². The Bertz CT molecular complexity index is 617. The molecule has 0 aliphatic heterocycles. The molecule has 1 heterocycles. The number of benzene rings is 1. The molecule has 3 nitrogen and oxygen atoms in total. The van der Waals surface area contributed by atoms with Crippen molar-refractivity contribution in [3.8, 4) is 5.69 Å². The minimum absolute atomic E-state index is 0.0849. The lowest BCUT2D eigenvalue weighted by molar-refractivity contribution is -0.136. The van der Waals surface area contributed by atoms with Crippen molar-refractivity contribution in [1.82, 2.24) is 4.57 Å². The Labute approximate surface area is 111 Å². The molecule has 0 bridgehead atoms. The van der Waals surface area contributed by atoms with Gasteiger partial charge in [0.25, 0.3) is 0 Å². The van der Waals surface area contributed by atoms with Gasteiger partial charge < -0.3 is 9.67 Å². The Morgan fingerprint density at radius 2 is 2.00 bits per heavy atom. The maximum absolute atomic E-state index is 13.8. The number of aryl methyl sites for hydroxylation is 2. The van der Waals surface area contributed by atoms with E-state index in [4.69, 9.17) is 5.11 Å². The van der Waals surface area contributed by atoms with Crippen LogP contribution in [0.1, 0.15) is 23.4 Å². The molecule has 0 atom stereocenters. The first-order valence-corrected chi connectivity index (χ1v) is 6.15. The maximum Gasteiger partial charge on any atom is 0.303 e. The molecule has 0 amide bonds. The molecule has 0 radical (unpaired) electrons. The van der Waals surface area contributed by atoms with Crippen LogP contribution in [0.5, 0.6) is 0 Å². The third kappa shape index (κ3) is 2.67. The second kappa shape index (κ2) is 5.26. The summed E-state index contributed by atoms with van der Waals surface area (Å²) in [6, 6.07) is 8.50. The van der Waals surface area contributed by atoms with Gasteiger partial charge in [-0.2, -0.15) is 0 Å². The number of rotatable bonds is 4. The van der Waals surface area contributed by atoms with Crippen LogP contribution >= 0.6 is 0 Å². The van der Waals surface area contributed by atoms with Crippen molar-refractivity contribution in [2.75, 3.05) is 0 Å². The first-order chi connectivity index (χ1) is 9.00. The van der Waals surface area contributed by atoms with E-state index < -0.39 is 5.97 Å². The lowest BCUT2D eigenvalue weighted by Gasteiger charge is -2.10. The summed E-state index contributed by atoms with van der Waals surface area (Å²) in [6.07, 6.45) is 0.547. The summed E-state index contributed by atoms with van der Waals surface area (Å²) in [5.41, 5.74) is 3.24. The Hall–Kier alpha value is -2.10. The first-order valence-electron chi connectivity index (χ1n) is 6.15. The van der Waals surface area contributed by atoms with Crippen LogP contribution in [0.4, 0.5) is 4.39 Å². The molecule has 0 aliphatic carbocycles. The number of halogens is 1. The zero-order valence-corrected chi connectivity index (χ0v) is 11.0. The lowest BCUT2D eigenvalue weighted by Crippen LogP contribution is -2.03. The van der Waals surface area contributed by atoms with E-state index in [1.165, 1.54) is 6.07 Å². The number of carboxylic acids is 1. The molecule has 0 saturated heterocycles. The zero-order valence-electron chi connectivity index (χ0n) is 11.0. The van der Waals surface area contributed by atoms with Gasteiger partial charge in [-0.05, 0) is 44.0 Å². The van der Waals surface area contributed by atoms with Gasteiger partial charge in [-0.25, -0.2) is 4.39 Å². The van der Waals surface area contributed by atoms with Crippen molar-refractivity contribution >= 4 is 5.97 Å². The zero-order chi connectivity index (χ0) is 14.0. The third-order valence-corrected chi connectivity index (χ3v) is 3.24. The Morgan fingerprint density at radius 3 is 2.63 bits per heavy atom. The minimum Gasteiger partial charge on any atom is -0.481 e. The summed E-state index contributed by atoms with van der Waals surface area (Å²) in [5, 5.41) is 8.74. The molecule has 1 aromatic heterocycles. The van der Waals surface area contributed by atoms with Gasteiger partial charge in [0, 0.05) is 17.8 Å². The third-order valence-electron chi connectivity index (χ3n) is 3.24. The van der Waals surface area contributed by atoms with Crippen molar-refractivity contribution in [3.63, 3.8) is 0 Å². The smallest absolute Gasteiger partial charge is 0.303 e. The summed E-state index contributed by atoms with van der Waals surface area (Å²) in [6.45, 7) is 3.78. The highest BCUT2D eigenvalue weighted by molar-refractivity contribution is 5.67. The molecule has 0 saturated carbocycles. The second-order valence-electron chi connectivity index (χ2n) is 4.58. The number of hydrogen-bond acceptors (Lipinski definition) is 1. The number of hydrogen-bond donors (Lipinski definition) is 1. The molecule has 1 N–H and O–H groups in total. The molecule has 0 spiro atoms. The molecule has 100 valence electrons. The SMILES string of the molecule is Cc1cc(CCC(=O)O)c(C)n1-c1ccccc1F. The highest BCUT2D eigenvalue weighted by Gasteiger charge is 2.13. The average molecular weight is 261 g/mol. The van der Waals surface area contributed by atoms with Crippen molar-refractivity contribution in [2.45, 2.75) is 26.7 Å². The van der Waals surface area contributed by atoms with Crippen LogP contribution in [0.15, 0.2) is 30.3 Å². The van der Waals surface area contributed by atoms with Crippen LogP contribution in [0.2, 0.25) is 0 Å². The fourth-order valence-corrected chi connectivity index (χ4v) is 2.33. The number of aliphatic carboxylic acids is 1. The van der Waals surface area contributed by atoms with E-state index in [0.29, 0.717) is 12.1 Å². The lowest BCUT2D eigenvalue weighted by atomic mass is 10.1. The fraction of sp³-hybridized carbons (Fsp3) is 0.267. The molecule has 1 aromatic carbocycles. The van der Waals surface area contributed by atoms with E-state index in [0.717, 1.165) is 17.0 Å². The van der Waals surface area contributed by atoms with Crippen molar-refractivity contribution in [3.05, 3.63) is 53.1 Å². The van der Waals surface area contributed by atoms with Crippen molar-refractivity contribution in [1.29, 1.82) is 0 Å².